The minimum Gasteiger partial charge on any atom is -0.232 e. The molecule has 0 aromatic heterocycles. The number of halogens is 2. The molecule has 1 aromatic rings. The van der Waals surface area contributed by atoms with Gasteiger partial charge in [-0.25, -0.2) is 13.4 Å². The highest BCUT2D eigenvalue weighted by atomic mass is 35.5. The Balaban J connectivity index is 2.49. The van der Waals surface area contributed by atoms with Gasteiger partial charge in [-0.15, -0.1) is 0 Å². The van der Waals surface area contributed by atoms with Crippen molar-refractivity contribution in [2.24, 2.45) is 4.99 Å². The van der Waals surface area contributed by atoms with E-state index in [1.165, 1.54) is 6.20 Å². The first-order valence-corrected chi connectivity index (χ1v) is 6.20. The fraction of sp³-hybridized carbons (Fsp3) is 0. The molecule has 0 aliphatic carbocycles. The molecule has 0 atom stereocenters. The molecule has 0 spiro atoms. The second-order valence-electron chi connectivity index (χ2n) is 2.89. The van der Waals surface area contributed by atoms with E-state index in [9.17, 15) is 8.42 Å². The van der Waals surface area contributed by atoms with Gasteiger partial charge in [-0.3, -0.25) is 0 Å². The minimum absolute atomic E-state index is 0.101. The van der Waals surface area contributed by atoms with Gasteiger partial charge < -0.3 is 0 Å². The lowest BCUT2D eigenvalue weighted by Crippen LogP contribution is -2.06. The molecule has 0 unspecified atom stereocenters. The lowest BCUT2D eigenvalue weighted by atomic mass is 10.2. The summed E-state index contributed by atoms with van der Waals surface area (Å²) in [6.45, 7) is 0. The summed E-state index contributed by atoms with van der Waals surface area (Å²) in [5.41, 5.74) is 0.527. The summed E-state index contributed by atoms with van der Waals surface area (Å²) in [7, 11) is -3.60. The zero-order chi connectivity index (χ0) is 11.1. The van der Waals surface area contributed by atoms with Crippen LogP contribution in [0.15, 0.2) is 35.5 Å². The predicted molar refractivity (Wildman–Crippen MR) is 61.6 cm³/mol. The molecule has 0 saturated carbocycles. The van der Waals surface area contributed by atoms with Crippen LogP contribution in [0.2, 0.25) is 5.02 Å². The Morgan fingerprint density at radius 1 is 1.07 bits per heavy atom. The molecule has 0 radical (unpaired) electrons. The van der Waals surface area contributed by atoms with Gasteiger partial charge in [0, 0.05) is 11.2 Å². The lowest BCUT2D eigenvalue weighted by Gasteiger charge is -2.01. The van der Waals surface area contributed by atoms with Crippen LogP contribution in [-0.2, 0) is 9.84 Å². The quantitative estimate of drug-likeness (QED) is 0.781. The van der Waals surface area contributed by atoms with Crippen LogP contribution in [0.5, 0.6) is 0 Å². The largest absolute Gasteiger partial charge is 0.237 e. The molecule has 1 heterocycles. The Labute approximate surface area is 97.0 Å². The van der Waals surface area contributed by atoms with E-state index in [-0.39, 0.29) is 4.91 Å². The van der Waals surface area contributed by atoms with Gasteiger partial charge in [-0.2, -0.15) is 0 Å². The van der Waals surface area contributed by atoms with E-state index in [1.54, 1.807) is 24.3 Å². The SMILES string of the molecule is O=S1(=O)C(c2ccc(Cl)cc2)=CN=C1Cl. The Hall–Kier alpha value is -0.840. The smallest absolute Gasteiger partial charge is 0.232 e. The molecule has 0 fully saturated rings. The van der Waals surface area contributed by atoms with E-state index in [4.69, 9.17) is 23.2 Å². The van der Waals surface area contributed by atoms with Crippen LogP contribution >= 0.6 is 23.2 Å². The van der Waals surface area contributed by atoms with Crippen LogP contribution in [0, 0.1) is 0 Å². The van der Waals surface area contributed by atoms with Gasteiger partial charge in [-0.1, -0.05) is 23.7 Å². The first-order chi connectivity index (χ1) is 7.01. The average molecular weight is 262 g/mol. The highest BCUT2D eigenvalue weighted by Gasteiger charge is 2.29. The number of aliphatic imine (C=N–C) groups is 1. The summed E-state index contributed by atoms with van der Waals surface area (Å²) in [6, 6.07) is 6.44. The molecule has 0 N–H and O–H groups in total. The fourth-order valence-electron chi connectivity index (χ4n) is 1.18. The maximum absolute atomic E-state index is 11.6. The van der Waals surface area contributed by atoms with E-state index in [2.05, 4.69) is 4.99 Å². The predicted octanol–water partition coefficient (Wildman–Crippen LogP) is 2.66. The molecule has 0 bridgehead atoms. The first kappa shape index (κ1) is 10.7. The van der Waals surface area contributed by atoms with E-state index >= 15 is 0 Å². The van der Waals surface area contributed by atoms with Gasteiger partial charge in [0.15, 0.2) is 0 Å². The van der Waals surface area contributed by atoms with Crippen LogP contribution in [-0.4, -0.2) is 12.9 Å². The number of rotatable bonds is 1. The third-order valence-electron chi connectivity index (χ3n) is 1.92. The van der Waals surface area contributed by atoms with Crippen LogP contribution in [0.25, 0.3) is 4.91 Å². The highest BCUT2D eigenvalue weighted by Crippen LogP contribution is 2.29. The molecular weight excluding hydrogens is 257 g/mol. The molecule has 1 aromatic carbocycles. The lowest BCUT2D eigenvalue weighted by molar-refractivity contribution is 0.617. The number of hydrogen-bond donors (Lipinski definition) is 0. The standard InChI is InChI=1S/C9H5Cl2NO2S/c10-7-3-1-6(2-4-7)8-5-12-9(11)15(8,13)14/h1-5H. The van der Waals surface area contributed by atoms with Crippen LogP contribution < -0.4 is 0 Å². The minimum atomic E-state index is -3.60. The van der Waals surface area contributed by atoms with Crippen LogP contribution in [0.1, 0.15) is 5.56 Å². The summed E-state index contributed by atoms with van der Waals surface area (Å²) >= 11 is 11.2. The van der Waals surface area contributed by atoms with Crippen molar-refractivity contribution >= 4 is 42.4 Å². The Morgan fingerprint density at radius 3 is 2.13 bits per heavy atom. The summed E-state index contributed by atoms with van der Waals surface area (Å²) < 4.78 is 22.8. The summed E-state index contributed by atoms with van der Waals surface area (Å²) in [6.07, 6.45) is 1.24. The number of hydrogen-bond acceptors (Lipinski definition) is 3. The highest BCUT2D eigenvalue weighted by molar-refractivity contribution is 8.17. The maximum atomic E-state index is 11.6. The molecular formula is C9H5Cl2NO2S. The fourth-order valence-corrected chi connectivity index (χ4v) is 2.62. The van der Waals surface area contributed by atoms with Gasteiger partial charge in [0.1, 0.15) is 0 Å². The van der Waals surface area contributed by atoms with Crippen molar-refractivity contribution in [1.29, 1.82) is 0 Å². The molecule has 15 heavy (non-hydrogen) atoms. The second kappa shape index (κ2) is 3.63. The topological polar surface area (TPSA) is 46.5 Å². The normalized spacial score (nSPS) is 18.5. The van der Waals surface area contributed by atoms with Gasteiger partial charge in [0.25, 0.3) is 0 Å². The molecule has 1 aliphatic heterocycles. The third kappa shape index (κ3) is 1.80. The van der Waals surface area contributed by atoms with Crippen molar-refractivity contribution in [1.82, 2.24) is 0 Å². The van der Waals surface area contributed by atoms with Crippen molar-refractivity contribution in [3.05, 3.63) is 41.1 Å². The van der Waals surface area contributed by atoms with Crippen molar-refractivity contribution in [3.63, 3.8) is 0 Å². The second-order valence-corrected chi connectivity index (χ2v) is 5.74. The molecule has 1 aliphatic rings. The molecule has 0 amide bonds. The van der Waals surface area contributed by atoms with Crippen molar-refractivity contribution in [2.75, 3.05) is 0 Å². The summed E-state index contributed by atoms with van der Waals surface area (Å²) in [5, 5.41) is 0.543. The average Bonchev–Trinajstić information content (AvgIpc) is 2.44. The van der Waals surface area contributed by atoms with Crippen LogP contribution in [0.4, 0.5) is 0 Å². The maximum Gasteiger partial charge on any atom is 0.237 e. The van der Waals surface area contributed by atoms with Crippen LogP contribution in [0.3, 0.4) is 0 Å². The molecule has 3 nitrogen and oxygen atoms in total. The number of sulfone groups is 1. The van der Waals surface area contributed by atoms with Crippen molar-refractivity contribution in [3.8, 4) is 0 Å². The zero-order valence-electron chi connectivity index (χ0n) is 7.31. The number of benzene rings is 1. The third-order valence-corrected chi connectivity index (χ3v) is 4.35. The zero-order valence-corrected chi connectivity index (χ0v) is 9.64. The number of nitrogens with zero attached hydrogens (tertiary/aromatic N) is 1. The van der Waals surface area contributed by atoms with Crippen molar-refractivity contribution in [2.45, 2.75) is 0 Å². The monoisotopic (exact) mass is 261 g/mol. The van der Waals surface area contributed by atoms with Crippen molar-refractivity contribution < 1.29 is 8.42 Å². The van der Waals surface area contributed by atoms with Gasteiger partial charge in [0.05, 0.1) is 4.91 Å². The Bertz CT molecular complexity index is 558. The summed E-state index contributed by atoms with van der Waals surface area (Å²) in [5.74, 6) is 0. The molecule has 6 heteroatoms. The van der Waals surface area contributed by atoms with E-state index in [1.807, 2.05) is 0 Å². The van der Waals surface area contributed by atoms with Gasteiger partial charge in [-0.05, 0) is 29.3 Å². The van der Waals surface area contributed by atoms with Gasteiger partial charge in [0.2, 0.25) is 14.3 Å². The van der Waals surface area contributed by atoms with E-state index in [0.717, 1.165) is 0 Å². The molecule has 2 rings (SSSR count). The summed E-state index contributed by atoms with van der Waals surface area (Å²) in [4.78, 5) is 3.67. The first-order valence-electron chi connectivity index (χ1n) is 3.96. The van der Waals surface area contributed by atoms with E-state index in [0.29, 0.717) is 10.6 Å². The molecule has 0 saturated heterocycles. The van der Waals surface area contributed by atoms with E-state index < -0.39 is 14.3 Å². The van der Waals surface area contributed by atoms with Gasteiger partial charge >= 0.3 is 0 Å². The Morgan fingerprint density at radius 2 is 1.67 bits per heavy atom. The molecule has 78 valence electrons. The Kier molecular flexibility index (Phi) is 2.58.